The van der Waals surface area contributed by atoms with Crippen molar-refractivity contribution in [2.45, 2.75) is 44.0 Å². The maximum absolute atomic E-state index is 12.5. The van der Waals surface area contributed by atoms with Gasteiger partial charge in [0.15, 0.2) is 0 Å². The molecule has 3 saturated heterocycles. The molecule has 3 aliphatic rings. The summed E-state index contributed by atoms with van der Waals surface area (Å²) in [5.74, 6) is 0.323. The largest absolute Gasteiger partial charge is 0.381 e. The zero-order valence-corrected chi connectivity index (χ0v) is 14.6. The highest BCUT2D eigenvalue weighted by molar-refractivity contribution is 5.79. The van der Waals surface area contributed by atoms with Crippen molar-refractivity contribution in [1.82, 2.24) is 9.88 Å². The number of rotatable bonds is 4. The van der Waals surface area contributed by atoms with E-state index >= 15 is 0 Å². The molecule has 0 aliphatic carbocycles. The molecule has 4 rings (SSSR count). The Bertz CT molecular complexity index is 580. The Morgan fingerprint density at radius 3 is 2.96 bits per heavy atom. The number of nitrogens with zero attached hydrogens (tertiary/aromatic N) is 2. The molecule has 6 nitrogen and oxygen atoms in total. The lowest BCUT2D eigenvalue weighted by Gasteiger charge is -2.39. The topological polar surface area (TPSA) is 60.9 Å². The number of carbonyl (C=O) groups excluding carboxylic acids is 1. The first-order chi connectivity index (χ1) is 12.2. The molecular formula is C19H26N2O4. The van der Waals surface area contributed by atoms with E-state index < -0.39 is 0 Å². The Labute approximate surface area is 148 Å². The predicted octanol–water partition coefficient (Wildman–Crippen LogP) is 1.78. The molecule has 0 saturated carbocycles. The summed E-state index contributed by atoms with van der Waals surface area (Å²) in [6.45, 7) is 4.08. The molecule has 0 radical (unpaired) electrons. The molecule has 1 aromatic heterocycles. The number of aromatic nitrogens is 1. The van der Waals surface area contributed by atoms with Crippen molar-refractivity contribution in [1.29, 1.82) is 0 Å². The molecule has 1 spiro atoms. The van der Waals surface area contributed by atoms with E-state index in [1.165, 1.54) is 0 Å². The van der Waals surface area contributed by atoms with Crippen LogP contribution in [0, 0.1) is 5.92 Å². The Kier molecular flexibility index (Phi) is 5.01. The van der Waals surface area contributed by atoms with Crippen molar-refractivity contribution in [2.75, 3.05) is 32.9 Å². The normalized spacial score (nSPS) is 28.6. The first-order valence-electron chi connectivity index (χ1n) is 9.25. The van der Waals surface area contributed by atoms with Gasteiger partial charge in [0.2, 0.25) is 5.91 Å². The maximum atomic E-state index is 12.5. The second kappa shape index (κ2) is 7.40. The molecule has 0 N–H and O–H groups in total. The maximum Gasteiger partial charge on any atom is 0.228 e. The number of pyridine rings is 1. The fourth-order valence-electron chi connectivity index (χ4n) is 4.08. The number of ether oxygens (including phenoxy) is 3. The van der Waals surface area contributed by atoms with Gasteiger partial charge in [-0.3, -0.25) is 9.78 Å². The fourth-order valence-corrected chi connectivity index (χ4v) is 4.08. The van der Waals surface area contributed by atoms with Crippen LogP contribution in [0.4, 0.5) is 0 Å². The summed E-state index contributed by atoms with van der Waals surface area (Å²) >= 11 is 0. The summed E-state index contributed by atoms with van der Waals surface area (Å²) in [6.07, 6.45) is 7.32. The van der Waals surface area contributed by atoms with Crippen molar-refractivity contribution in [2.24, 2.45) is 5.92 Å². The minimum Gasteiger partial charge on any atom is -0.381 e. The predicted molar refractivity (Wildman–Crippen MR) is 90.9 cm³/mol. The minimum absolute atomic E-state index is 0.0640. The molecule has 4 heterocycles. The van der Waals surface area contributed by atoms with E-state index in [1.807, 2.05) is 23.2 Å². The van der Waals surface area contributed by atoms with E-state index in [9.17, 15) is 4.79 Å². The van der Waals surface area contributed by atoms with Gasteiger partial charge in [-0.1, -0.05) is 6.07 Å². The summed E-state index contributed by atoms with van der Waals surface area (Å²) in [4.78, 5) is 18.6. The van der Waals surface area contributed by atoms with Crippen LogP contribution >= 0.6 is 0 Å². The average Bonchev–Trinajstić information content (AvgIpc) is 3.32. The van der Waals surface area contributed by atoms with Crippen LogP contribution in [-0.4, -0.2) is 60.4 Å². The molecule has 136 valence electrons. The van der Waals surface area contributed by atoms with Gasteiger partial charge in [-0.05, 0) is 30.9 Å². The van der Waals surface area contributed by atoms with Crippen molar-refractivity contribution in [3.8, 4) is 0 Å². The highest BCUT2D eigenvalue weighted by atomic mass is 16.6. The van der Waals surface area contributed by atoms with Gasteiger partial charge in [-0.2, -0.15) is 0 Å². The molecule has 6 heteroatoms. The highest BCUT2D eigenvalue weighted by Crippen LogP contribution is 2.37. The van der Waals surface area contributed by atoms with E-state index in [-0.39, 0.29) is 23.5 Å². The summed E-state index contributed by atoms with van der Waals surface area (Å²) in [5, 5.41) is 0. The number of likely N-dealkylation sites (tertiary alicyclic amines) is 1. The zero-order valence-electron chi connectivity index (χ0n) is 14.6. The van der Waals surface area contributed by atoms with Crippen molar-refractivity contribution in [3.05, 3.63) is 30.1 Å². The quantitative estimate of drug-likeness (QED) is 0.832. The van der Waals surface area contributed by atoms with Gasteiger partial charge in [0.05, 0.1) is 37.4 Å². The van der Waals surface area contributed by atoms with Crippen LogP contribution < -0.4 is 0 Å². The van der Waals surface area contributed by atoms with Crippen LogP contribution in [0.2, 0.25) is 0 Å². The summed E-state index contributed by atoms with van der Waals surface area (Å²) in [5.41, 5.74) is 0.977. The molecule has 2 unspecified atom stereocenters. The van der Waals surface area contributed by atoms with Crippen LogP contribution in [-0.2, 0) is 25.6 Å². The SMILES string of the molecule is O=C(C1CCOC1)N1CCC2(CC1)CC(OCc1cccnc1)CO2. The van der Waals surface area contributed by atoms with Gasteiger partial charge in [0.25, 0.3) is 0 Å². The highest BCUT2D eigenvalue weighted by Gasteiger charge is 2.44. The molecule has 1 amide bonds. The van der Waals surface area contributed by atoms with Crippen molar-refractivity contribution in [3.63, 3.8) is 0 Å². The van der Waals surface area contributed by atoms with Gasteiger partial charge in [0, 0.05) is 38.5 Å². The van der Waals surface area contributed by atoms with E-state index in [0.717, 1.165) is 44.3 Å². The Balaban J connectivity index is 1.25. The molecule has 0 bridgehead atoms. The molecule has 3 fully saturated rings. The number of carbonyl (C=O) groups is 1. The van der Waals surface area contributed by atoms with Gasteiger partial charge in [-0.25, -0.2) is 0 Å². The zero-order chi connectivity index (χ0) is 17.1. The van der Waals surface area contributed by atoms with Crippen LogP contribution in [0.1, 0.15) is 31.2 Å². The van der Waals surface area contributed by atoms with E-state index in [0.29, 0.717) is 26.4 Å². The molecule has 1 aromatic rings. The van der Waals surface area contributed by atoms with Gasteiger partial charge < -0.3 is 19.1 Å². The molecule has 0 aromatic carbocycles. The van der Waals surface area contributed by atoms with E-state index in [4.69, 9.17) is 14.2 Å². The Hall–Kier alpha value is -1.50. The van der Waals surface area contributed by atoms with Crippen LogP contribution in [0.15, 0.2) is 24.5 Å². The standard InChI is InChI=1S/C19H26N2O4/c22-18(16-3-9-23-13-16)21-7-4-19(5-8-21)10-17(14-25-19)24-12-15-2-1-6-20-11-15/h1-2,6,11,16-17H,3-5,7-10,12-14H2. The third kappa shape index (κ3) is 3.86. The summed E-state index contributed by atoms with van der Waals surface area (Å²) in [7, 11) is 0. The smallest absolute Gasteiger partial charge is 0.228 e. The Morgan fingerprint density at radius 1 is 1.36 bits per heavy atom. The lowest BCUT2D eigenvalue weighted by Crippen LogP contribution is -2.48. The third-order valence-corrected chi connectivity index (χ3v) is 5.65. The summed E-state index contributed by atoms with van der Waals surface area (Å²) < 4.78 is 17.5. The first kappa shape index (κ1) is 16.9. The van der Waals surface area contributed by atoms with Crippen LogP contribution in [0.25, 0.3) is 0 Å². The average molecular weight is 346 g/mol. The lowest BCUT2D eigenvalue weighted by molar-refractivity contribution is -0.140. The second-order valence-corrected chi connectivity index (χ2v) is 7.38. The third-order valence-electron chi connectivity index (χ3n) is 5.65. The molecular weight excluding hydrogens is 320 g/mol. The monoisotopic (exact) mass is 346 g/mol. The van der Waals surface area contributed by atoms with Crippen LogP contribution in [0.5, 0.6) is 0 Å². The lowest BCUT2D eigenvalue weighted by atomic mass is 9.87. The summed E-state index contributed by atoms with van der Waals surface area (Å²) in [6, 6.07) is 3.95. The first-order valence-corrected chi connectivity index (χ1v) is 9.25. The fraction of sp³-hybridized carbons (Fsp3) is 0.684. The van der Waals surface area contributed by atoms with E-state index in [2.05, 4.69) is 4.98 Å². The van der Waals surface area contributed by atoms with Gasteiger partial charge >= 0.3 is 0 Å². The molecule has 25 heavy (non-hydrogen) atoms. The number of piperidine rings is 1. The van der Waals surface area contributed by atoms with Crippen LogP contribution in [0.3, 0.4) is 0 Å². The molecule has 3 aliphatic heterocycles. The van der Waals surface area contributed by atoms with Crippen molar-refractivity contribution >= 4 is 5.91 Å². The molecule has 2 atom stereocenters. The van der Waals surface area contributed by atoms with Gasteiger partial charge in [-0.15, -0.1) is 0 Å². The Morgan fingerprint density at radius 2 is 2.24 bits per heavy atom. The van der Waals surface area contributed by atoms with Gasteiger partial charge in [0.1, 0.15) is 0 Å². The van der Waals surface area contributed by atoms with Crippen molar-refractivity contribution < 1.29 is 19.0 Å². The number of hydrogen-bond acceptors (Lipinski definition) is 5. The van der Waals surface area contributed by atoms with E-state index in [1.54, 1.807) is 6.20 Å². The minimum atomic E-state index is -0.109. The second-order valence-electron chi connectivity index (χ2n) is 7.38. The number of hydrogen-bond donors (Lipinski definition) is 0. The number of amides is 1.